The minimum absolute atomic E-state index is 0.0226. The third-order valence-corrected chi connectivity index (χ3v) is 3.58. The zero-order chi connectivity index (χ0) is 13.5. The zero-order valence-electron chi connectivity index (χ0n) is 10.9. The van der Waals surface area contributed by atoms with Crippen molar-refractivity contribution < 1.29 is 0 Å². The van der Waals surface area contributed by atoms with Crippen molar-refractivity contribution in [2.45, 2.75) is 19.9 Å². The molecule has 0 aliphatic heterocycles. The van der Waals surface area contributed by atoms with Crippen molar-refractivity contribution in [2.75, 3.05) is 19.6 Å². The van der Waals surface area contributed by atoms with Crippen LogP contribution in [0.1, 0.15) is 25.5 Å². The first-order valence-corrected chi connectivity index (χ1v) is 7.00. The molecule has 0 fully saturated rings. The highest BCUT2D eigenvalue weighted by Gasteiger charge is 2.19. The molecule has 4 heteroatoms. The van der Waals surface area contributed by atoms with Gasteiger partial charge in [-0.15, -0.1) is 0 Å². The van der Waals surface area contributed by atoms with Crippen LogP contribution in [-0.2, 0) is 0 Å². The fourth-order valence-corrected chi connectivity index (χ4v) is 2.31. The summed E-state index contributed by atoms with van der Waals surface area (Å²) < 4.78 is 1.07. The van der Waals surface area contributed by atoms with Crippen LogP contribution in [-0.4, -0.2) is 24.5 Å². The van der Waals surface area contributed by atoms with Crippen LogP contribution in [0, 0.1) is 17.2 Å². The second kappa shape index (κ2) is 7.52. The van der Waals surface area contributed by atoms with Gasteiger partial charge in [-0.1, -0.05) is 35.0 Å². The van der Waals surface area contributed by atoms with Crippen molar-refractivity contribution in [2.24, 2.45) is 11.7 Å². The first kappa shape index (κ1) is 15.2. The highest BCUT2D eigenvalue weighted by atomic mass is 79.9. The maximum absolute atomic E-state index is 8.93. The average Bonchev–Trinajstić information content (AvgIpc) is 2.40. The summed E-state index contributed by atoms with van der Waals surface area (Å²) in [6.07, 6.45) is 0. The van der Waals surface area contributed by atoms with Crippen LogP contribution < -0.4 is 5.73 Å². The molecule has 0 bridgehead atoms. The van der Waals surface area contributed by atoms with Gasteiger partial charge < -0.3 is 5.73 Å². The molecule has 3 nitrogen and oxygen atoms in total. The second-order valence-corrected chi connectivity index (χ2v) is 5.34. The van der Waals surface area contributed by atoms with Gasteiger partial charge >= 0.3 is 0 Å². The number of likely N-dealkylation sites (N-methyl/N-ethyl adjacent to an activating group) is 1. The van der Waals surface area contributed by atoms with Gasteiger partial charge in [0.25, 0.3) is 0 Å². The van der Waals surface area contributed by atoms with Gasteiger partial charge in [0.1, 0.15) is 0 Å². The van der Waals surface area contributed by atoms with Gasteiger partial charge in [0.05, 0.1) is 12.0 Å². The molecule has 1 rings (SSSR count). The van der Waals surface area contributed by atoms with E-state index in [-0.39, 0.29) is 12.0 Å². The molecule has 1 aromatic carbocycles. The average molecular weight is 310 g/mol. The smallest absolute Gasteiger partial charge is 0.0666 e. The van der Waals surface area contributed by atoms with E-state index < -0.39 is 0 Å². The summed E-state index contributed by atoms with van der Waals surface area (Å²) >= 11 is 3.43. The van der Waals surface area contributed by atoms with Crippen molar-refractivity contribution in [3.63, 3.8) is 0 Å². The van der Waals surface area contributed by atoms with Crippen LogP contribution in [0.15, 0.2) is 28.7 Å². The van der Waals surface area contributed by atoms with E-state index in [1.54, 1.807) is 0 Å². The SMILES string of the molecule is CCN(CC(C)C#N)C(CN)c1ccc(Br)cc1. The predicted molar refractivity (Wildman–Crippen MR) is 78.0 cm³/mol. The number of hydrogen-bond donors (Lipinski definition) is 1. The number of nitrogens with zero attached hydrogens (tertiary/aromatic N) is 2. The fraction of sp³-hybridized carbons (Fsp3) is 0.500. The second-order valence-electron chi connectivity index (χ2n) is 4.42. The Balaban J connectivity index is 2.86. The molecule has 0 aromatic heterocycles. The van der Waals surface area contributed by atoms with Gasteiger partial charge in [0.2, 0.25) is 0 Å². The van der Waals surface area contributed by atoms with Crippen LogP contribution >= 0.6 is 15.9 Å². The molecule has 2 N–H and O–H groups in total. The number of hydrogen-bond acceptors (Lipinski definition) is 3. The molecule has 1 aromatic rings. The summed E-state index contributed by atoms with van der Waals surface area (Å²) in [5.74, 6) is 0.0226. The molecule has 0 saturated carbocycles. The molecule has 0 aliphatic carbocycles. The molecule has 0 aliphatic rings. The monoisotopic (exact) mass is 309 g/mol. The van der Waals surface area contributed by atoms with Gasteiger partial charge in [-0.05, 0) is 31.2 Å². The molecule has 0 saturated heterocycles. The summed E-state index contributed by atoms with van der Waals surface area (Å²) in [5.41, 5.74) is 7.10. The minimum Gasteiger partial charge on any atom is -0.329 e. The van der Waals surface area contributed by atoms with E-state index in [9.17, 15) is 0 Å². The maximum atomic E-state index is 8.93. The van der Waals surface area contributed by atoms with E-state index >= 15 is 0 Å². The third-order valence-electron chi connectivity index (χ3n) is 3.05. The molecule has 0 radical (unpaired) electrons. The summed E-state index contributed by atoms with van der Waals surface area (Å²) in [6, 6.07) is 10.7. The lowest BCUT2D eigenvalue weighted by Crippen LogP contribution is -2.36. The first-order valence-electron chi connectivity index (χ1n) is 6.21. The van der Waals surface area contributed by atoms with E-state index in [0.29, 0.717) is 6.54 Å². The summed E-state index contributed by atoms with van der Waals surface area (Å²) in [4.78, 5) is 2.26. The molecule has 18 heavy (non-hydrogen) atoms. The molecule has 98 valence electrons. The van der Waals surface area contributed by atoms with Crippen molar-refractivity contribution in [3.05, 3.63) is 34.3 Å². The quantitative estimate of drug-likeness (QED) is 0.879. The van der Waals surface area contributed by atoms with Crippen molar-refractivity contribution >= 4 is 15.9 Å². The van der Waals surface area contributed by atoms with Crippen molar-refractivity contribution in [1.82, 2.24) is 4.90 Å². The molecule has 0 amide bonds. The minimum atomic E-state index is 0.0226. The lowest BCUT2D eigenvalue weighted by atomic mass is 10.0. The molecule has 2 atom stereocenters. The lowest BCUT2D eigenvalue weighted by molar-refractivity contribution is 0.198. The topological polar surface area (TPSA) is 53.0 Å². The zero-order valence-corrected chi connectivity index (χ0v) is 12.5. The Labute approximate surface area is 118 Å². The van der Waals surface area contributed by atoms with Crippen LogP contribution in [0.2, 0.25) is 0 Å². The van der Waals surface area contributed by atoms with Gasteiger partial charge in [-0.3, -0.25) is 4.90 Å². The Morgan fingerprint density at radius 2 is 2.00 bits per heavy atom. The number of rotatable bonds is 6. The Morgan fingerprint density at radius 3 is 2.44 bits per heavy atom. The third kappa shape index (κ3) is 4.09. The summed E-state index contributed by atoms with van der Waals surface area (Å²) in [5, 5.41) is 8.93. The first-order chi connectivity index (χ1) is 8.62. The van der Waals surface area contributed by atoms with Crippen LogP contribution in [0.5, 0.6) is 0 Å². The van der Waals surface area contributed by atoms with Crippen LogP contribution in [0.4, 0.5) is 0 Å². The molecular weight excluding hydrogens is 290 g/mol. The largest absolute Gasteiger partial charge is 0.329 e. The van der Waals surface area contributed by atoms with E-state index in [2.05, 4.69) is 46.0 Å². The summed E-state index contributed by atoms with van der Waals surface area (Å²) in [7, 11) is 0. The number of halogens is 1. The Kier molecular flexibility index (Phi) is 6.34. The molecule has 0 spiro atoms. The highest BCUT2D eigenvalue weighted by molar-refractivity contribution is 9.10. The van der Waals surface area contributed by atoms with Gasteiger partial charge in [0.15, 0.2) is 0 Å². The highest BCUT2D eigenvalue weighted by Crippen LogP contribution is 2.22. The van der Waals surface area contributed by atoms with Gasteiger partial charge in [-0.25, -0.2) is 0 Å². The van der Waals surface area contributed by atoms with E-state index in [4.69, 9.17) is 11.0 Å². The standard InChI is InChI=1S/C14H20BrN3/c1-3-18(10-11(2)8-16)14(9-17)12-4-6-13(15)7-5-12/h4-7,11,14H,3,9-10,17H2,1-2H3. The predicted octanol–water partition coefficient (Wildman–Crippen LogP) is 2.93. The Morgan fingerprint density at radius 1 is 1.39 bits per heavy atom. The number of nitrogens with two attached hydrogens (primary N) is 1. The molecule has 2 unspecified atom stereocenters. The van der Waals surface area contributed by atoms with Crippen molar-refractivity contribution in [3.8, 4) is 6.07 Å². The molecule has 0 heterocycles. The van der Waals surface area contributed by atoms with Crippen LogP contribution in [0.3, 0.4) is 0 Å². The lowest BCUT2D eigenvalue weighted by Gasteiger charge is -2.31. The number of nitriles is 1. The van der Waals surface area contributed by atoms with E-state index in [0.717, 1.165) is 17.6 Å². The van der Waals surface area contributed by atoms with Gasteiger partial charge in [0, 0.05) is 23.6 Å². The normalized spacial score (nSPS) is 14.2. The van der Waals surface area contributed by atoms with E-state index in [1.807, 2.05) is 19.1 Å². The van der Waals surface area contributed by atoms with Crippen LogP contribution in [0.25, 0.3) is 0 Å². The maximum Gasteiger partial charge on any atom is 0.0666 e. The number of benzene rings is 1. The molecular formula is C14H20BrN3. The van der Waals surface area contributed by atoms with E-state index in [1.165, 1.54) is 5.56 Å². The Bertz CT molecular complexity index is 396. The Hall–Kier alpha value is -0.890. The van der Waals surface area contributed by atoms with Crippen molar-refractivity contribution in [1.29, 1.82) is 5.26 Å². The fourth-order valence-electron chi connectivity index (χ4n) is 2.05. The van der Waals surface area contributed by atoms with Gasteiger partial charge in [-0.2, -0.15) is 5.26 Å². The summed E-state index contributed by atoms with van der Waals surface area (Å²) in [6.45, 7) is 6.26.